The lowest BCUT2D eigenvalue weighted by atomic mass is 10.1. The number of nitrogens with zero attached hydrogens (tertiary/aromatic N) is 1. The normalized spacial score (nSPS) is 13.3. The lowest BCUT2D eigenvalue weighted by molar-refractivity contribution is -0.122. The summed E-state index contributed by atoms with van der Waals surface area (Å²) in [5.41, 5.74) is 2.47. The van der Waals surface area contributed by atoms with Crippen LogP contribution in [0.2, 0.25) is 0 Å². The van der Waals surface area contributed by atoms with Crippen molar-refractivity contribution in [3.8, 4) is 11.5 Å². The number of amides is 1. The molecule has 0 aromatic heterocycles. The molecule has 0 fully saturated rings. The molecule has 0 aliphatic carbocycles. The molecule has 30 heavy (non-hydrogen) atoms. The number of nitrogens with one attached hydrogen (secondary N) is 1. The molecule has 0 unspecified atom stereocenters. The maximum absolute atomic E-state index is 12.8. The lowest BCUT2D eigenvalue weighted by Gasteiger charge is -2.29. The summed E-state index contributed by atoms with van der Waals surface area (Å²) in [6, 6.07) is 11.2. The first-order chi connectivity index (χ1) is 14.0. The van der Waals surface area contributed by atoms with Gasteiger partial charge in [-0.1, -0.05) is 6.07 Å². The largest absolute Gasteiger partial charge is 0.497 e. The number of hydrogen-bond donors (Lipinski definition) is 1. The Morgan fingerprint density at radius 3 is 2.17 bits per heavy atom. The van der Waals surface area contributed by atoms with Gasteiger partial charge in [-0.05, 0) is 75.2 Å². The molecule has 0 saturated heterocycles. The van der Waals surface area contributed by atoms with Gasteiger partial charge in [-0.2, -0.15) is 0 Å². The first-order valence-electron chi connectivity index (χ1n) is 9.66. The molecule has 0 radical (unpaired) electrons. The number of carbonyl (C=O) groups is 1. The topological polar surface area (TPSA) is 84.9 Å². The van der Waals surface area contributed by atoms with Gasteiger partial charge in [-0.15, -0.1) is 0 Å². The van der Waals surface area contributed by atoms with Gasteiger partial charge >= 0.3 is 0 Å². The molecule has 0 aliphatic rings. The third-order valence-electron chi connectivity index (χ3n) is 4.78. The summed E-state index contributed by atoms with van der Waals surface area (Å²) in [5.74, 6) is 0.979. The zero-order valence-electron chi connectivity index (χ0n) is 18.3. The van der Waals surface area contributed by atoms with Crippen LogP contribution >= 0.6 is 0 Å². The molecular formula is C22H30N2O5S. The van der Waals surface area contributed by atoms with Crippen molar-refractivity contribution in [2.45, 2.75) is 39.8 Å². The zero-order chi connectivity index (χ0) is 22.5. The van der Waals surface area contributed by atoms with Crippen molar-refractivity contribution >= 4 is 21.6 Å². The van der Waals surface area contributed by atoms with Gasteiger partial charge in [0, 0.05) is 0 Å². The van der Waals surface area contributed by atoms with Gasteiger partial charge in [0.1, 0.15) is 24.1 Å². The van der Waals surface area contributed by atoms with E-state index in [-0.39, 0.29) is 12.6 Å². The quantitative estimate of drug-likeness (QED) is 0.656. The van der Waals surface area contributed by atoms with E-state index in [1.54, 1.807) is 57.4 Å². The number of sulfonamides is 1. The maximum Gasteiger partial charge on any atom is 0.243 e. The Balaban J connectivity index is 2.05. The molecule has 2 aromatic rings. The van der Waals surface area contributed by atoms with Crippen molar-refractivity contribution in [1.29, 1.82) is 0 Å². The monoisotopic (exact) mass is 434 g/mol. The minimum atomic E-state index is -3.66. The van der Waals surface area contributed by atoms with Crippen molar-refractivity contribution in [1.82, 2.24) is 5.32 Å². The van der Waals surface area contributed by atoms with Crippen LogP contribution in [0.1, 0.15) is 25.0 Å². The van der Waals surface area contributed by atoms with Crippen LogP contribution in [0.4, 0.5) is 5.69 Å². The number of benzene rings is 2. The molecule has 7 nitrogen and oxygen atoms in total. The van der Waals surface area contributed by atoms with Gasteiger partial charge in [0.15, 0.2) is 0 Å². The average molecular weight is 435 g/mol. The van der Waals surface area contributed by atoms with Gasteiger partial charge < -0.3 is 14.8 Å². The lowest BCUT2D eigenvalue weighted by Crippen LogP contribution is -2.50. The third-order valence-corrected chi connectivity index (χ3v) is 6.02. The Morgan fingerprint density at radius 2 is 1.63 bits per heavy atom. The molecule has 8 heteroatoms. The predicted molar refractivity (Wildman–Crippen MR) is 119 cm³/mol. The van der Waals surface area contributed by atoms with Crippen LogP contribution in [-0.2, 0) is 14.8 Å². The highest BCUT2D eigenvalue weighted by molar-refractivity contribution is 7.92. The summed E-state index contributed by atoms with van der Waals surface area (Å²) in [5, 5.41) is 2.83. The molecule has 2 atom stereocenters. The standard InChI is InChI=1S/C22H30N2O5S/c1-15-7-8-19(13-16(15)2)24(30(6,26)27)18(4)22(25)23-17(3)14-29-21-11-9-20(28-5)10-12-21/h7-13,17-18H,14H2,1-6H3,(H,23,25)/t17-,18-/m1/s1. The van der Waals surface area contributed by atoms with Crippen LogP contribution in [0.15, 0.2) is 42.5 Å². The zero-order valence-corrected chi connectivity index (χ0v) is 19.1. The SMILES string of the molecule is COc1ccc(OC[C@@H](C)NC(=O)[C@@H](C)N(c2ccc(C)c(C)c2)S(C)(=O)=O)cc1. The second-order valence-corrected chi connectivity index (χ2v) is 9.26. The fourth-order valence-corrected chi connectivity index (χ4v) is 4.14. The highest BCUT2D eigenvalue weighted by atomic mass is 32.2. The van der Waals surface area contributed by atoms with Crippen molar-refractivity contribution in [2.75, 3.05) is 24.3 Å². The predicted octanol–water partition coefficient (Wildman–Crippen LogP) is 3.05. The first kappa shape index (κ1) is 23.5. The molecule has 164 valence electrons. The Bertz CT molecular complexity index is 974. The molecular weight excluding hydrogens is 404 g/mol. The number of carbonyl (C=O) groups excluding carboxylic acids is 1. The number of methoxy groups -OCH3 is 1. The molecule has 2 rings (SSSR count). The van der Waals surface area contributed by atoms with Crippen molar-refractivity contribution < 1.29 is 22.7 Å². The van der Waals surface area contributed by atoms with Gasteiger partial charge in [0.05, 0.1) is 25.1 Å². The Labute approximate surface area is 179 Å². The fraction of sp³-hybridized carbons (Fsp3) is 0.409. The van der Waals surface area contributed by atoms with E-state index in [9.17, 15) is 13.2 Å². The van der Waals surface area contributed by atoms with Crippen LogP contribution in [0.3, 0.4) is 0 Å². The number of ether oxygens (including phenoxy) is 2. The summed E-state index contributed by atoms with van der Waals surface area (Å²) in [6.07, 6.45) is 1.10. The van der Waals surface area contributed by atoms with Crippen LogP contribution < -0.4 is 19.1 Å². The average Bonchev–Trinajstić information content (AvgIpc) is 2.68. The smallest absolute Gasteiger partial charge is 0.243 e. The van der Waals surface area contributed by atoms with Crippen molar-refractivity contribution in [3.05, 3.63) is 53.6 Å². The van der Waals surface area contributed by atoms with Gasteiger partial charge in [0.2, 0.25) is 15.9 Å². The highest BCUT2D eigenvalue weighted by Crippen LogP contribution is 2.24. The summed E-state index contributed by atoms with van der Waals surface area (Å²) in [7, 11) is -2.07. The summed E-state index contributed by atoms with van der Waals surface area (Å²) >= 11 is 0. The molecule has 0 heterocycles. The van der Waals surface area contributed by atoms with Gasteiger partial charge in [-0.25, -0.2) is 8.42 Å². The minimum Gasteiger partial charge on any atom is -0.497 e. The summed E-state index contributed by atoms with van der Waals surface area (Å²) in [6.45, 7) is 7.47. The molecule has 0 saturated carbocycles. The molecule has 2 aromatic carbocycles. The van der Waals surface area contributed by atoms with E-state index in [4.69, 9.17) is 9.47 Å². The first-order valence-corrected chi connectivity index (χ1v) is 11.5. The van der Waals surface area contributed by atoms with E-state index in [0.717, 1.165) is 27.4 Å². The van der Waals surface area contributed by atoms with E-state index in [0.29, 0.717) is 11.4 Å². The minimum absolute atomic E-state index is 0.243. The van der Waals surface area contributed by atoms with E-state index in [1.165, 1.54) is 0 Å². The molecule has 0 aliphatic heterocycles. The van der Waals surface area contributed by atoms with E-state index in [2.05, 4.69) is 5.32 Å². The summed E-state index contributed by atoms with van der Waals surface area (Å²) in [4.78, 5) is 12.8. The van der Waals surface area contributed by atoms with Crippen LogP contribution in [0, 0.1) is 13.8 Å². The Morgan fingerprint density at radius 1 is 1.03 bits per heavy atom. The molecule has 0 bridgehead atoms. The van der Waals surface area contributed by atoms with Crippen LogP contribution in [0.25, 0.3) is 0 Å². The van der Waals surface area contributed by atoms with Crippen molar-refractivity contribution in [3.63, 3.8) is 0 Å². The second-order valence-electron chi connectivity index (χ2n) is 7.40. The number of rotatable bonds is 9. The van der Waals surface area contributed by atoms with Crippen molar-refractivity contribution in [2.24, 2.45) is 0 Å². The highest BCUT2D eigenvalue weighted by Gasteiger charge is 2.30. The molecule has 1 amide bonds. The van der Waals surface area contributed by atoms with Gasteiger partial charge in [0.25, 0.3) is 0 Å². The third kappa shape index (κ3) is 6.13. The number of hydrogen-bond acceptors (Lipinski definition) is 5. The fourth-order valence-electron chi connectivity index (χ4n) is 2.97. The number of aryl methyl sites for hydroxylation is 2. The molecule has 1 N–H and O–H groups in total. The van der Waals surface area contributed by atoms with Crippen LogP contribution in [0.5, 0.6) is 11.5 Å². The van der Waals surface area contributed by atoms with E-state index < -0.39 is 22.0 Å². The Kier molecular flexibility index (Phi) is 7.72. The maximum atomic E-state index is 12.8. The van der Waals surface area contributed by atoms with Gasteiger partial charge in [-0.3, -0.25) is 9.10 Å². The van der Waals surface area contributed by atoms with E-state index >= 15 is 0 Å². The molecule has 0 spiro atoms. The second kappa shape index (κ2) is 9.84. The van der Waals surface area contributed by atoms with E-state index in [1.807, 2.05) is 19.9 Å². The van der Waals surface area contributed by atoms with Crippen LogP contribution in [-0.4, -0.2) is 46.4 Å². The summed E-state index contributed by atoms with van der Waals surface area (Å²) < 4.78 is 36.8. The Hall–Kier alpha value is -2.74. The number of anilines is 1.